The molecule has 2 aromatic rings. The predicted octanol–water partition coefficient (Wildman–Crippen LogP) is 2.33. The SMILES string of the molecule is CNCC(C)(O)c1ccc2sccc2c1. The van der Waals surface area contributed by atoms with E-state index in [1.54, 1.807) is 11.3 Å². The summed E-state index contributed by atoms with van der Waals surface area (Å²) in [6, 6.07) is 8.21. The maximum atomic E-state index is 10.2. The molecule has 0 aliphatic rings. The molecule has 0 amide bonds. The van der Waals surface area contributed by atoms with Gasteiger partial charge in [-0.25, -0.2) is 0 Å². The van der Waals surface area contributed by atoms with Gasteiger partial charge < -0.3 is 10.4 Å². The standard InChI is InChI=1S/C12H15NOS/c1-12(14,8-13-2)10-3-4-11-9(7-10)5-6-15-11/h3-7,13-14H,8H2,1-2H3. The molecule has 0 aliphatic heterocycles. The molecule has 2 rings (SSSR count). The highest BCUT2D eigenvalue weighted by atomic mass is 32.1. The summed E-state index contributed by atoms with van der Waals surface area (Å²) in [6.45, 7) is 2.39. The fraction of sp³-hybridized carbons (Fsp3) is 0.333. The first-order valence-electron chi connectivity index (χ1n) is 4.98. The molecule has 2 nitrogen and oxygen atoms in total. The van der Waals surface area contributed by atoms with Gasteiger partial charge in [0.15, 0.2) is 0 Å². The Balaban J connectivity index is 2.42. The molecule has 0 saturated carbocycles. The third-order valence-electron chi connectivity index (χ3n) is 2.60. The van der Waals surface area contributed by atoms with E-state index in [1.165, 1.54) is 10.1 Å². The smallest absolute Gasteiger partial charge is 0.0992 e. The van der Waals surface area contributed by atoms with Crippen molar-refractivity contribution in [3.63, 3.8) is 0 Å². The summed E-state index contributed by atoms with van der Waals surface area (Å²) >= 11 is 1.72. The van der Waals surface area contributed by atoms with E-state index in [0.717, 1.165) is 5.56 Å². The summed E-state index contributed by atoms with van der Waals surface area (Å²) in [5.74, 6) is 0. The van der Waals surface area contributed by atoms with Gasteiger partial charge in [-0.2, -0.15) is 0 Å². The maximum Gasteiger partial charge on any atom is 0.0992 e. The van der Waals surface area contributed by atoms with Gasteiger partial charge in [-0.05, 0) is 48.5 Å². The Morgan fingerprint density at radius 1 is 1.40 bits per heavy atom. The first-order chi connectivity index (χ1) is 7.13. The van der Waals surface area contributed by atoms with Crippen molar-refractivity contribution < 1.29 is 5.11 Å². The topological polar surface area (TPSA) is 32.3 Å². The minimum Gasteiger partial charge on any atom is -0.384 e. The van der Waals surface area contributed by atoms with E-state index in [0.29, 0.717) is 6.54 Å². The largest absolute Gasteiger partial charge is 0.384 e. The van der Waals surface area contributed by atoms with Crippen molar-refractivity contribution in [3.05, 3.63) is 35.2 Å². The Kier molecular flexibility index (Phi) is 2.78. The van der Waals surface area contributed by atoms with Crippen molar-refractivity contribution in [3.8, 4) is 0 Å². The molecule has 1 heterocycles. The number of benzene rings is 1. The zero-order valence-electron chi connectivity index (χ0n) is 8.95. The number of thiophene rings is 1. The van der Waals surface area contributed by atoms with E-state index in [1.807, 2.05) is 20.0 Å². The molecule has 0 bridgehead atoms. The van der Waals surface area contributed by atoms with Crippen molar-refractivity contribution in [1.29, 1.82) is 0 Å². The second-order valence-electron chi connectivity index (χ2n) is 3.98. The summed E-state index contributed by atoms with van der Waals surface area (Å²) in [7, 11) is 1.84. The van der Waals surface area contributed by atoms with Crippen molar-refractivity contribution in [2.75, 3.05) is 13.6 Å². The van der Waals surface area contributed by atoms with Crippen LogP contribution in [0.2, 0.25) is 0 Å². The molecule has 1 unspecified atom stereocenters. The highest BCUT2D eigenvalue weighted by Gasteiger charge is 2.21. The molecule has 1 atom stereocenters. The predicted molar refractivity (Wildman–Crippen MR) is 65.3 cm³/mol. The van der Waals surface area contributed by atoms with Crippen LogP contribution in [0.4, 0.5) is 0 Å². The summed E-state index contributed by atoms with van der Waals surface area (Å²) in [5, 5.41) is 16.5. The molecule has 1 aromatic carbocycles. The Hall–Kier alpha value is -0.900. The van der Waals surface area contributed by atoms with Gasteiger partial charge in [0.2, 0.25) is 0 Å². The van der Waals surface area contributed by atoms with Crippen LogP contribution < -0.4 is 5.32 Å². The highest BCUT2D eigenvalue weighted by molar-refractivity contribution is 7.17. The number of hydrogen-bond donors (Lipinski definition) is 2. The second-order valence-corrected chi connectivity index (χ2v) is 4.93. The molecule has 3 heteroatoms. The Labute approximate surface area is 93.6 Å². The number of likely N-dealkylation sites (N-methyl/N-ethyl adjacent to an activating group) is 1. The molecule has 0 radical (unpaired) electrons. The lowest BCUT2D eigenvalue weighted by Crippen LogP contribution is -2.33. The minimum atomic E-state index is -0.801. The van der Waals surface area contributed by atoms with Crippen LogP contribution in [-0.4, -0.2) is 18.7 Å². The zero-order valence-corrected chi connectivity index (χ0v) is 9.77. The minimum absolute atomic E-state index is 0.558. The summed E-state index contributed by atoms with van der Waals surface area (Å²) in [4.78, 5) is 0. The molecule has 0 fully saturated rings. The van der Waals surface area contributed by atoms with Crippen molar-refractivity contribution in [2.45, 2.75) is 12.5 Å². The van der Waals surface area contributed by atoms with Gasteiger partial charge in [0, 0.05) is 11.2 Å². The third kappa shape index (κ3) is 2.04. The lowest BCUT2D eigenvalue weighted by atomic mass is 9.95. The maximum absolute atomic E-state index is 10.2. The molecule has 1 aromatic heterocycles. The summed E-state index contributed by atoms with van der Waals surface area (Å²) in [5.41, 5.74) is 0.160. The first kappa shape index (κ1) is 10.6. The van der Waals surface area contributed by atoms with E-state index < -0.39 is 5.60 Å². The number of aliphatic hydroxyl groups is 1. The lowest BCUT2D eigenvalue weighted by molar-refractivity contribution is 0.0593. The Bertz CT molecular complexity index is 461. The monoisotopic (exact) mass is 221 g/mol. The molecular weight excluding hydrogens is 206 g/mol. The Morgan fingerprint density at radius 3 is 2.93 bits per heavy atom. The fourth-order valence-electron chi connectivity index (χ4n) is 1.75. The van der Waals surface area contributed by atoms with E-state index >= 15 is 0 Å². The van der Waals surface area contributed by atoms with Crippen LogP contribution in [0.25, 0.3) is 10.1 Å². The van der Waals surface area contributed by atoms with Crippen LogP contribution in [0.3, 0.4) is 0 Å². The molecule has 0 spiro atoms. The molecule has 0 saturated heterocycles. The molecular formula is C12H15NOS. The molecule has 15 heavy (non-hydrogen) atoms. The van der Waals surface area contributed by atoms with Crippen LogP contribution in [0.1, 0.15) is 12.5 Å². The number of nitrogens with one attached hydrogen (secondary N) is 1. The number of hydrogen-bond acceptors (Lipinski definition) is 3. The van der Waals surface area contributed by atoms with Crippen molar-refractivity contribution in [2.24, 2.45) is 0 Å². The number of rotatable bonds is 3. The van der Waals surface area contributed by atoms with Gasteiger partial charge in [0.05, 0.1) is 5.60 Å². The first-order valence-corrected chi connectivity index (χ1v) is 5.86. The normalized spacial score (nSPS) is 15.4. The molecule has 0 aliphatic carbocycles. The fourth-order valence-corrected chi connectivity index (χ4v) is 2.52. The summed E-state index contributed by atoms with van der Waals surface area (Å²) in [6.07, 6.45) is 0. The van der Waals surface area contributed by atoms with Gasteiger partial charge in [0.1, 0.15) is 0 Å². The molecule has 80 valence electrons. The quantitative estimate of drug-likeness (QED) is 0.833. The Morgan fingerprint density at radius 2 is 2.20 bits per heavy atom. The van der Waals surface area contributed by atoms with Gasteiger partial charge >= 0.3 is 0 Å². The van der Waals surface area contributed by atoms with Crippen LogP contribution >= 0.6 is 11.3 Å². The van der Waals surface area contributed by atoms with Crippen molar-refractivity contribution in [1.82, 2.24) is 5.32 Å². The zero-order chi connectivity index (χ0) is 10.9. The van der Waals surface area contributed by atoms with Gasteiger partial charge in [0.25, 0.3) is 0 Å². The van der Waals surface area contributed by atoms with E-state index in [2.05, 4.69) is 28.9 Å². The van der Waals surface area contributed by atoms with Gasteiger partial charge in [-0.3, -0.25) is 0 Å². The third-order valence-corrected chi connectivity index (χ3v) is 3.49. The van der Waals surface area contributed by atoms with E-state index in [4.69, 9.17) is 0 Å². The van der Waals surface area contributed by atoms with Crippen molar-refractivity contribution >= 4 is 21.4 Å². The lowest BCUT2D eigenvalue weighted by Gasteiger charge is -2.23. The van der Waals surface area contributed by atoms with E-state index in [-0.39, 0.29) is 0 Å². The average molecular weight is 221 g/mol. The number of fused-ring (bicyclic) bond motifs is 1. The molecule has 2 N–H and O–H groups in total. The summed E-state index contributed by atoms with van der Waals surface area (Å²) < 4.78 is 1.26. The average Bonchev–Trinajstić information content (AvgIpc) is 2.63. The van der Waals surface area contributed by atoms with Crippen LogP contribution in [0, 0.1) is 0 Å². The van der Waals surface area contributed by atoms with Crippen LogP contribution in [-0.2, 0) is 5.60 Å². The van der Waals surface area contributed by atoms with Gasteiger partial charge in [-0.1, -0.05) is 6.07 Å². The van der Waals surface area contributed by atoms with E-state index in [9.17, 15) is 5.11 Å². The van der Waals surface area contributed by atoms with Crippen LogP contribution in [0.5, 0.6) is 0 Å². The van der Waals surface area contributed by atoms with Gasteiger partial charge in [-0.15, -0.1) is 11.3 Å². The van der Waals surface area contributed by atoms with Crippen LogP contribution in [0.15, 0.2) is 29.6 Å². The highest BCUT2D eigenvalue weighted by Crippen LogP contribution is 2.27. The second kappa shape index (κ2) is 3.93.